The lowest BCUT2D eigenvalue weighted by Gasteiger charge is -2.13. The summed E-state index contributed by atoms with van der Waals surface area (Å²) < 4.78 is 6.52. The highest BCUT2D eigenvalue weighted by Crippen LogP contribution is 1.89. The van der Waals surface area contributed by atoms with E-state index in [-0.39, 0.29) is 17.3 Å². The van der Waals surface area contributed by atoms with Gasteiger partial charge in [0.05, 0.1) is 6.61 Å². The molecule has 1 unspecified atom stereocenters. The molecule has 6 heteroatoms. The molecule has 1 aromatic heterocycles. The zero-order valence-electron chi connectivity index (χ0n) is 11.2. The van der Waals surface area contributed by atoms with Crippen molar-refractivity contribution in [1.29, 1.82) is 0 Å². The summed E-state index contributed by atoms with van der Waals surface area (Å²) in [4.78, 5) is 25.3. The molecule has 1 heterocycles. The van der Waals surface area contributed by atoms with Crippen molar-refractivity contribution in [2.75, 3.05) is 20.3 Å². The van der Waals surface area contributed by atoms with Gasteiger partial charge in [0, 0.05) is 38.0 Å². The molecule has 0 amide bonds. The van der Waals surface area contributed by atoms with Crippen LogP contribution in [0.4, 0.5) is 0 Å². The summed E-state index contributed by atoms with van der Waals surface area (Å²) in [6.45, 7) is 5.70. The first-order valence-corrected chi connectivity index (χ1v) is 6.13. The highest BCUT2D eigenvalue weighted by Gasteiger charge is 2.04. The molecule has 2 N–H and O–H groups in total. The van der Waals surface area contributed by atoms with Gasteiger partial charge in [0.15, 0.2) is 0 Å². The Morgan fingerprint density at radius 3 is 2.83 bits per heavy atom. The first-order valence-electron chi connectivity index (χ1n) is 6.13. The molecule has 6 nitrogen and oxygen atoms in total. The van der Waals surface area contributed by atoms with Crippen LogP contribution in [0.2, 0.25) is 0 Å². The Balaban J connectivity index is 2.62. The van der Waals surface area contributed by atoms with Crippen molar-refractivity contribution < 1.29 is 4.74 Å². The Morgan fingerprint density at radius 2 is 2.22 bits per heavy atom. The molecule has 0 saturated carbocycles. The van der Waals surface area contributed by atoms with Gasteiger partial charge in [-0.05, 0) is 13.3 Å². The third-order valence-corrected chi connectivity index (χ3v) is 2.73. The van der Waals surface area contributed by atoms with Crippen LogP contribution in [0.5, 0.6) is 0 Å². The normalized spacial score (nSPS) is 12.6. The van der Waals surface area contributed by atoms with Crippen molar-refractivity contribution in [1.82, 2.24) is 14.9 Å². The van der Waals surface area contributed by atoms with Gasteiger partial charge in [-0.25, -0.2) is 4.79 Å². The quantitative estimate of drug-likeness (QED) is 0.703. The maximum absolute atomic E-state index is 11.6. The fourth-order valence-electron chi connectivity index (χ4n) is 1.71. The van der Waals surface area contributed by atoms with Crippen molar-refractivity contribution >= 4 is 0 Å². The summed E-state index contributed by atoms with van der Waals surface area (Å²) in [5.41, 5.74) is -0.0302. The Morgan fingerprint density at radius 1 is 1.50 bits per heavy atom. The topological polar surface area (TPSA) is 76.1 Å². The first-order chi connectivity index (χ1) is 8.58. The molecule has 0 bridgehead atoms. The van der Waals surface area contributed by atoms with Crippen molar-refractivity contribution in [3.63, 3.8) is 0 Å². The number of aryl methyl sites for hydroxylation is 1. The molecule has 0 saturated heterocycles. The number of rotatable bonds is 7. The van der Waals surface area contributed by atoms with Gasteiger partial charge < -0.3 is 10.1 Å². The average molecular weight is 255 g/mol. The summed E-state index contributed by atoms with van der Waals surface area (Å²) in [5.74, 6) is 0. The fraction of sp³-hybridized carbons (Fsp3) is 0.667. The van der Waals surface area contributed by atoms with Crippen LogP contribution >= 0.6 is 0 Å². The molecule has 0 aliphatic rings. The van der Waals surface area contributed by atoms with Crippen LogP contribution in [0.15, 0.2) is 15.8 Å². The van der Waals surface area contributed by atoms with Crippen LogP contribution in [0.1, 0.15) is 19.4 Å². The number of nitrogens with zero attached hydrogens (tertiary/aromatic N) is 1. The van der Waals surface area contributed by atoms with Gasteiger partial charge in [0.2, 0.25) is 0 Å². The lowest BCUT2D eigenvalue weighted by Crippen LogP contribution is -2.37. The van der Waals surface area contributed by atoms with Crippen LogP contribution in [0, 0.1) is 0 Å². The summed E-state index contributed by atoms with van der Waals surface area (Å²) in [5, 5.41) is 3.23. The average Bonchev–Trinajstić information content (AvgIpc) is 2.32. The maximum atomic E-state index is 11.6. The van der Waals surface area contributed by atoms with Crippen LogP contribution in [-0.2, 0) is 17.7 Å². The van der Waals surface area contributed by atoms with Crippen LogP contribution in [0.3, 0.4) is 0 Å². The Hall–Kier alpha value is -1.40. The number of nitrogens with one attached hydrogen (secondary N) is 2. The molecule has 0 aliphatic carbocycles. The second-order valence-electron chi connectivity index (χ2n) is 4.27. The predicted octanol–water partition coefficient (Wildman–Crippen LogP) is -0.276. The number of aromatic nitrogens is 2. The van der Waals surface area contributed by atoms with Gasteiger partial charge in [0.1, 0.15) is 0 Å². The number of ether oxygens (including phenoxy) is 1. The minimum Gasteiger partial charge on any atom is -0.383 e. The predicted molar refractivity (Wildman–Crippen MR) is 70.0 cm³/mol. The molecular weight excluding hydrogens is 234 g/mol. The van der Waals surface area contributed by atoms with E-state index in [4.69, 9.17) is 4.74 Å². The van der Waals surface area contributed by atoms with E-state index >= 15 is 0 Å². The van der Waals surface area contributed by atoms with Gasteiger partial charge in [-0.15, -0.1) is 0 Å². The molecule has 1 rings (SSSR count). The fourth-order valence-corrected chi connectivity index (χ4v) is 1.71. The molecule has 0 aliphatic heterocycles. The van der Waals surface area contributed by atoms with Crippen LogP contribution < -0.4 is 16.6 Å². The molecular formula is C12H21N3O3. The third kappa shape index (κ3) is 4.12. The van der Waals surface area contributed by atoms with Crippen LogP contribution in [-0.4, -0.2) is 35.9 Å². The molecule has 1 atom stereocenters. The molecule has 18 heavy (non-hydrogen) atoms. The molecule has 1 aromatic rings. The van der Waals surface area contributed by atoms with E-state index in [0.29, 0.717) is 31.7 Å². The molecule has 0 aromatic carbocycles. The molecule has 0 fully saturated rings. The van der Waals surface area contributed by atoms with E-state index in [1.807, 2.05) is 13.8 Å². The van der Waals surface area contributed by atoms with E-state index in [1.54, 1.807) is 13.3 Å². The number of aromatic amines is 1. The second kappa shape index (κ2) is 7.13. The zero-order chi connectivity index (χ0) is 13.5. The van der Waals surface area contributed by atoms with Crippen molar-refractivity contribution in [3.05, 3.63) is 32.6 Å². The SMILES string of the molecule is CCc1cn(CCNC(C)COC)c(=O)[nH]c1=O. The maximum Gasteiger partial charge on any atom is 0.328 e. The third-order valence-electron chi connectivity index (χ3n) is 2.73. The highest BCUT2D eigenvalue weighted by molar-refractivity contribution is 5.03. The number of hydrogen-bond donors (Lipinski definition) is 2. The molecule has 0 radical (unpaired) electrons. The van der Waals surface area contributed by atoms with Gasteiger partial charge in [-0.3, -0.25) is 14.3 Å². The number of hydrogen-bond acceptors (Lipinski definition) is 4. The summed E-state index contributed by atoms with van der Waals surface area (Å²) >= 11 is 0. The van der Waals surface area contributed by atoms with E-state index in [1.165, 1.54) is 4.57 Å². The van der Waals surface area contributed by atoms with Gasteiger partial charge in [-0.1, -0.05) is 6.92 Å². The van der Waals surface area contributed by atoms with E-state index in [2.05, 4.69) is 10.3 Å². The summed E-state index contributed by atoms with van der Waals surface area (Å²) in [6.07, 6.45) is 2.24. The van der Waals surface area contributed by atoms with Crippen molar-refractivity contribution in [2.24, 2.45) is 0 Å². The van der Waals surface area contributed by atoms with Gasteiger partial charge >= 0.3 is 5.69 Å². The monoisotopic (exact) mass is 255 g/mol. The minimum absolute atomic E-state index is 0.235. The second-order valence-corrected chi connectivity index (χ2v) is 4.27. The lowest BCUT2D eigenvalue weighted by molar-refractivity contribution is 0.172. The summed E-state index contributed by atoms with van der Waals surface area (Å²) in [7, 11) is 1.65. The number of H-pyrrole nitrogens is 1. The van der Waals surface area contributed by atoms with Crippen molar-refractivity contribution in [2.45, 2.75) is 32.9 Å². The van der Waals surface area contributed by atoms with Gasteiger partial charge in [-0.2, -0.15) is 0 Å². The van der Waals surface area contributed by atoms with Crippen molar-refractivity contribution in [3.8, 4) is 0 Å². The van der Waals surface area contributed by atoms with E-state index < -0.39 is 0 Å². The highest BCUT2D eigenvalue weighted by atomic mass is 16.5. The lowest BCUT2D eigenvalue weighted by atomic mass is 10.2. The minimum atomic E-state index is -0.363. The smallest absolute Gasteiger partial charge is 0.328 e. The first kappa shape index (κ1) is 14.7. The zero-order valence-corrected chi connectivity index (χ0v) is 11.2. The van der Waals surface area contributed by atoms with E-state index in [9.17, 15) is 9.59 Å². The standard InChI is InChI=1S/C12H21N3O3/c1-4-10-7-15(12(17)14-11(10)16)6-5-13-9(2)8-18-3/h7,9,13H,4-6,8H2,1-3H3,(H,14,16,17). The largest absolute Gasteiger partial charge is 0.383 e. The van der Waals surface area contributed by atoms with E-state index in [0.717, 1.165) is 0 Å². The Labute approximate surface area is 106 Å². The number of methoxy groups -OCH3 is 1. The van der Waals surface area contributed by atoms with Gasteiger partial charge in [0.25, 0.3) is 5.56 Å². The van der Waals surface area contributed by atoms with Crippen LogP contribution in [0.25, 0.3) is 0 Å². The Kier molecular flexibility index (Phi) is 5.80. The molecule has 0 spiro atoms. The Bertz CT molecular complexity index is 478. The molecule has 102 valence electrons. The summed E-state index contributed by atoms with van der Waals surface area (Å²) in [6, 6.07) is 0.235.